The van der Waals surface area contributed by atoms with Gasteiger partial charge in [-0.1, -0.05) is 48.5 Å². The third-order valence-corrected chi connectivity index (χ3v) is 3.87. The van der Waals surface area contributed by atoms with Gasteiger partial charge >= 0.3 is 0 Å². The van der Waals surface area contributed by atoms with Crippen LogP contribution in [0.1, 0.15) is 36.6 Å². The molecule has 1 amide bonds. The summed E-state index contributed by atoms with van der Waals surface area (Å²) in [6.07, 6.45) is 2.53. The van der Waals surface area contributed by atoms with E-state index in [1.165, 1.54) is 11.8 Å². The average molecular weight is 340 g/mol. The molecule has 2 aromatic rings. The summed E-state index contributed by atoms with van der Waals surface area (Å²) in [5.41, 5.74) is 3.12. The van der Waals surface area contributed by atoms with Crippen molar-refractivity contribution in [2.24, 2.45) is 5.16 Å². The molecule has 2 aromatic carbocycles. The van der Waals surface area contributed by atoms with Crippen LogP contribution < -0.4 is 10.1 Å². The number of amides is 1. The summed E-state index contributed by atoms with van der Waals surface area (Å²) >= 11 is 0. The van der Waals surface area contributed by atoms with Gasteiger partial charge in [-0.3, -0.25) is 4.79 Å². The second-order valence-electron chi connectivity index (χ2n) is 5.63. The molecule has 0 fully saturated rings. The van der Waals surface area contributed by atoms with Crippen LogP contribution in [0, 0.1) is 0 Å². The summed E-state index contributed by atoms with van der Waals surface area (Å²) in [6.45, 7) is 3.92. The van der Waals surface area contributed by atoms with Crippen LogP contribution in [-0.2, 0) is 16.1 Å². The molecular formula is C20H24N2O3. The molecule has 0 aromatic heterocycles. The van der Waals surface area contributed by atoms with E-state index in [2.05, 4.69) is 29.5 Å². The van der Waals surface area contributed by atoms with Gasteiger partial charge in [0, 0.05) is 5.56 Å². The van der Waals surface area contributed by atoms with Crippen LogP contribution in [0.5, 0.6) is 5.75 Å². The Bertz CT molecular complexity index is 711. The number of carbonyl (C=O) groups is 1. The van der Waals surface area contributed by atoms with Gasteiger partial charge < -0.3 is 14.9 Å². The first-order valence-corrected chi connectivity index (χ1v) is 8.30. The molecule has 5 nitrogen and oxygen atoms in total. The lowest BCUT2D eigenvalue weighted by Crippen LogP contribution is -2.29. The van der Waals surface area contributed by atoms with Crippen molar-refractivity contribution in [3.05, 3.63) is 65.2 Å². The fraction of sp³-hybridized carbons (Fsp3) is 0.300. The first kappa shape index (κ1) is 18.5. The molecule has 2 rings (SSSR count). The highest BCUT2D eigenvalue weighted by molar-refractivity contribution is 5.83. The monoisotopic (exact) mass is 340 g/mol. The standard InChI is InChI=1S/C20H24N2O3/c1-4-16-9-11-17(12-10-16)15(2)22-20(23)14-25-21-13-18-7-5-6-8-19(18)24-3/h5-13,15H,4,14H2,1-3H3,(H,22,23)/b21-13-/t15-/m0/s1. The fourth-order valence-corrected chi connectivity index (χ4v) is 2.37. The van der Waals surface area contributed by atoms with E-state index < -0.39 is 0 Å². The van der Waals surface area contributed by atoms with Crippen LogP contribution in [0.3, 0.4) is 0 Å². The van der Waals surface area contributed by atoms with Gasteiger partial charge in [-0.25, -0.2) is 0 Å². The van der Waals surface area contributed by atoms with Gasteiger partial charge in [0.1, 0.15) is 5.75 Å². The molecule has 5 heteroatoms. The molecule has 0 bridgehead atoms. The largest absolute Gasteiger partial charge is 0.496 e. The SMILES string of the molecule is CCc1ccc([C@H](C)NC(=O)CO/N=C\c2ccccc2OC)cc1. The zero-order valence-electron chi connectivity index (χ0n) is 14.9. The summed E-state index contributed by atoms with van der Waals surface area (Å²) in [4.78, 5) is 17.0. The van der Waals surface area contributed by atoms with E-state index in [0.717, 1.165) is 17.5 Å². The highest BCUT2D eigenvalue weighted by Gasteiger charge is 2.09. The number of oxime groups is 1. The average Bonchev–Trinajstić information content (AvgIpc) is 2.65. The van der Waals surface area contributed by atoms with Crippen molar-refractivity contribution in [2.75, 3.05) is 13.7 Å². The van der Waals surface area contributed by atoms with Gasteiger partial charge in [-0.15, -0.1) is 0 Å². The Hall–Kier alpha value is -2.82. The first-order valence-electron chi connectivity index (χ1n) is 8.30. The number of hydrogen-bond donors (Lipinski definition) is 1. The topological polar surface area (TPSA) is 59.9 Å². The molecule has 0 aliphatic heterocycles. The van der Waals surface area contributed by atoms with Gasteiger partial charge in [-0.2, -0.15) is 0 Å². The molecule has 0 radical (unpaired) electrons. The Kier molecular flexibility index (Phi) is 7.01. The van der Waals surface area contributed by atoms with Crippen LogP contribution >= 0.6 is 0 Å². The molecule has 132 valence electrons. The lowest BCUT2D eigenvalue weighted by Gasteiger charge is -2.14. The minimum Gasteiger partial charge on any atom is -0.496 e. The molecule has 1 N–H and O–H groups in total. The second-order valence-corrected chi connectivity index (χ2v) is 5.63. The van der Waals surface area contributed by atoms with Gasteiger partial charge in [0.25, 0.3) is 5.91 Å². The van der Waals surface area contributed by atoms with Crippen LogP contribution in [0.4, 0.5) is 0 Å². The Morgan fingerprint density at radius 2 is 1.92 bits per heavy atom. The summed E-state index contributed by atoms with van der Waals surface area (Å²) in [5, 5.41) is 6.72. The predicted octanol–water partition coefficient (Wildman–Crippen LogP) is 3.49. The third kappa shape index (κ3) is 5.64. The summed E-state index contributed by atoms with van der Waals surface area (Å²) in [6, 6.07) is 15.6. The zero-order chi connectivity index (χ0) is 18.1. The van der Waals surface area contributed by atoms with Gasteiger partial charge in [0.15, 0.2) is 6.61 Å². The number of benzene rings is 2. The number of hydrogen-bond acceptors (Lipinski definition) is 4. The van der Waals surface area contributed by atoms with Gasteiger partial charge in [0.2, 0.25) is 0 Å². The first-order chi connectivity index (χ1) is 12.1. The summed E-state index contributed by atoms with van der Waals surface area (Å²) in [7, 11) is 1.59. The van der Waals surface area contributed by atoms with E-state index in [-0.39, 0.29) is 18.6 Å². The summed E-state index contributed by atoms with van der Waals surface area (Å²) < 4.78 is 5.22. The number of carbonyl (C=O) groups excluding carboxylic acids is 1. The Morgan fingerprint density at radius 3 is 2.60 bits per heavy atom. The van der Waals surface area contributed by atoms with E-state index >= 15 is 0 Å². The summed E-state index contributed by atoms with van der Waals surface area (Å²) in [5.74, 6) is 0.479. The minimum absolute atomic E-state index is 0.0831. The van der Waals surface area contributed by atoms with E-state index in [4.69, 9.17) is 9.57 Å². The molecule has 0 aliphatic carbocycles. The smallest absolute Gasteiger partial charge is 0.261 e. The lowest BCUT2D eigenvalue weighted by atomic mass is 10.1. The van der Waals surface area contributed by atoms with Gasteiger partial charge in [0.05, 0.1) is 19.4 Å². The molecule has 0 unspecified atom stereocenters. The number of nitrogens with zero attached hydrogens (tertiary/aromatic N) is 1. The maximum Gasteiger partial charge on any atom is 0.261 e. The highest BCUT2D eigenvalue weighted by Crippen LogP contribution is 2.15. The van der Waals surface area contributed by atoms with Crippen molar-refractivity contribution in [3.8, 4) is 5.75 Å². The molecule has 0 saturated carbocycles. The number of ether oxygens (including phenoxy) is 1. The molecule has 0 heterocycles. The van der Waals surface area contributed by atoms with Crippen LogP contribution in [0.15, 0.2) is 53.7 Å². The third-order valence-electron chi connectivity index (χ3n) is 3.87. The van der Waals surface area contributed by atoms with Crippen molar-refractivity contribution in [1.82, 2.24) is 5.32 Å². The van der Waals surface area contributed by atoms with E-state index in [0.29, 0.717) is 5.75 Å². The number of rotatable bonds is 8. The normalized spacial score (nSPS) is 12.0. The van der Waals surface area contributed by atoms with Crippen LogP contribution in [0.2, 0.25) is 0 Å². The molecule has 0 saturated heterocycles. The van der Waals surface area contributed by atoms with Crippen molar-refractivity contribution in [1.29, 1.82) is 0 Å². The highest BCUT2D eigenvalue weighted by atomic mass is 16.6. The predicted molar refractivity (Wildman–Crippen MR) is 98.9 cm³/mol. The van der Waals surface area contributed by atoms with Crippen molar-refractivity contribution in [3.63, 3.8) is 0 Å². The van der Waals surface area contributed by atoms with Crippen LogP contribution in [-0.4, -0.2) is 25.8 Å². The quantitative estimate of drug-likeness (QED) is 0.591. The number of methoxy groups -OCH3 is 1. The van der Waals surface area contributed by atoms with Gasteiger partial charge in [-0.05, 0) is 36.6 Å². The van der Waals surface area contributed by atoms with Crippen molar-refractivity contribution < 1.29 is 14.4 Å². The molecular weight excluding hydrogens is 316 g/mol. The molecule has 1 atom stereocenters. The maximum absolute atomic E-state index is 11.9. The Labute approximate surface area is 148 Å². The molecule has 25 heavy (non-hydrogen) atoms. The Morgan fingerprint density at radius 1 is 1.20 bits per heavy atom. The molecule has 0 spiro atoms. The Balaban J connectivity index is 1.80. The molecule has 0 aliphatic rings. The van der Waals surface area contributed by atoms with E-state index in [1.807, 2.05) is 43.3 Å². The number of para-hydroxylation sites is 1. The number of nitrogens with one attached hydrogen (secondary N) is 1. The fourth-order valence-electron chi connectivity index (χ4n) is 2.37. The lowest BCUT2D eigenvalue weighted by molar-refractivity contribution is -0.126. The van der Waals surface area contributed by atoms with Crippen molar-refractivity contribution in [2.45, 2.75) is 26.3 Å². The van der Waals surface area contributed by atoms with Crippen LogP contribution in [0.25, 0.3) is 0 Å². The van der Waals surface area contributed by atoms with Crippen molar-refractivity contribution >= 4 is 12.1 Å². The number of aryl methyl sites for hydroxylation is 1. The minimum atomic E-state index is -0.218. The maximum atomic E-state index is 11.9. The zero-order valence-corrected chi connectivity index (χ0v) is 14.9. The van der Waals surface area contributed by atoms with E-state index in [1.54, 1.807) is 7.11 Å². The van der Waals surface area contributed by atoms with E-state index in [9.17, 15) is 4.79 Å². The second kappa shape index (κ2) is 9.47.